The number of unbranched alkanes of at least 4 members (excludes halogenated alkanes) is 1. The Morgan fingerprint density at radius 3 is 2.52 bits per heavy atom. The Balaban J connectivity index is 2.46. The Labute approximate surface area is 141 Å². The molecule has 2 rings (SSSR count). The van der Waals surface area contributed by atoms with Crippen molar-refractivity contribution >= 4 is 29.1 Å². The van der Waals surface area contributed by atoms with Crippen LogP contribution in [0.1, 0.15) is 36.5 Å². The van der Waals surface area contributed by atoms with Crippen LogP contribution in [-0.2, 0) is 9.59 Å². The minimum absolute atomic E-state index is 0.0231. The van der Waals surface area contributed by atoms with Crippen LogP contribution in [-0.4, -0.2) is 40.7 Å². The van der Waals surface area contributed by atoms with Gasteiger partial charge in [-0.3, -0.25) is 14.5 Å². The molecule has 1 N–H and O–H groups in total. The lowest BCUT2D eigenvalue weighted by Crippen LogP contribution is -2.32. The molecule has 0 radical (unpaired) electrons. The standard InChI is InChI=1S/C18H23NO3S/c1-4-5-8-19-17(21)15(16(18(19)22)23-10-9-20)14-7-6-12(2)11-13(14)3/h6-7,11,20H,4-5,8-10H2,1-3H3. The number of aliphatic hydroxyl groups is 1. The molecule has 0 bridgehead atoms. The van der Waals surface area contributed by atoms with Gasteiger partial charge in [-0.05, 0) is 31.4 Å². The van der Waals surface area contributed by atoms with E-state index in [-0.39, 0.29) is 18.4 Å². The predicted octanol–water partition coefficient (Wildman–Crippen LogP) is 2.91. The third-order valence-corrected chi connectivity index (χ3v) is 4.90. The number of imide groups is 1. The van der Waals surface area contributed by atoms with Crippen LogP contribution in [0.2, 0.25) is 0 Å². The van der Waals surface area contributed by atoms with Gasteiger partial charge in [0.05, 0.1) is 17.1 Å². The van der Waals surface area contributed by atoms with Gasteiger partial charge in [0.15, 0.2) is 0 Å². The molecule has 0 saturated carbocycles. The fraction of sp³-hybridized carbons (Fsp3) is 0.444. The highest BCUT2D eigenvalue weighted by atomic mass is 32.2. The van der Waals surface area contributed by atoms with Gasteiger partial charge in [0, 0.05) is 12.3 Å². The first kappa shape index (κ1) is 17.8. The Bertz CT molecular complexity index is 652. The number of thioether (sulfide) groups is 1. The summed E-state index contributed by atoms with van der Waals surface area (Å²) in [6, 6.07) is 5.88. The van der Waals surface area contributed by atoms with Crippen molar-refractivity contribution in [2.75, 3.05) is 18.9 Å². The summed E-state index contributed by atoms with van der Waals surface area (Å²) in [6.45, 7) is 6.42. The lowest BCUT2D eigenvalue weighted by molar-refractivity contribution is -0.136. The molecule has 4 nitrogen and oxygen atoms in total. The number of carbonyl (C=O) groups is 2. The zero-order valence-electron chi connectivity index (χ0n) is 13.9. The third kappa shape index (κ3) is 3.67. The number of benzene rings is 1. The minimum Gasteiger partial charge on any atom is -0.396 e. The van der Waals surface area contributed by atoms with Crippen LogP contribution in [0.3, 0.4) is 0 Å². The number of aryl methyl sites for hydroxylation is 2. The highest BCUT2D eigenvalue weighted by Gasteiger charge is 2.39. The van der Waals surface area contributed by atoms with Crippen LogP contribution < -0.4 is 0 Å². The molecule has 124 valence electrons. The maximum atomic E-state index is 12.8. The predicted molar refractivity (Wildman–Crippen MR) is 94.0 cm³/mol. The summed E-state index contributed by atoms with van der Waals surface area (Å²) in [5, 5.41) is 9.08. The van der Waals surface area contributed by atoms with Gasteiger partial charge < -0.3 is 5.11 Å². The summed E-state index contributed by atoms with van der Waals surface area (Å²) in [6.07, 6.45) is 1.73. The van der Waals surface area contributed by atoms with E-state index in [1.54, 1.807) is 0 Å². The van der Waals surface area contributed by atoms with E-state index in [9.17, 15) is 9.59 Å². The topological polar surface area (TPSA) is 57.6 Å². The molecular formula is C18H23NO3S. The zero-order chi connectivity index (χ0) is 17.0. The van der Waals surface area contributed by atoms with E-state index in [2.05, 4.69) is 0 Å². The number of amides is 2. The van der Waals surface area contributed by atoms with Crippen molar-refractivity contribution < 1.29 is 14.7 Å². The van der Waals surface area contributed by atoms with Crippen molar-refractivity contribution in [1.82, 2.24) is 4.90 Å². The fourth-order valence-corrected chi connectivity index (χ4v) is 3.56. The van der Waals surface area contributed by atoms with Crippen molar-refractivity contribution in [3.8, 4) is 0 Å². The normalized spacial score (nSPS) is 15.0. The molecule has 0 fully saturated rings. The monoisotopic (exact) mass is 333 g/mol. The molecule has 1 aliphatic heterocycles. The van der Waals surface area contributed by atoms with Gasteiger partial charge in [0.1, 0.15) is 0 Å². The summed E-state index contributed by atoms with van der Waals surface area (Å²) in [4.78, 5) is 27.2. The van der Waals surface area contributed by atoms with Gasteiger partial charge >= 0.3 is 0 Å². The summed E-state index contributed by atoms with van der Waals surface area (Å²) in [5.74, 6) is -0.0302. The average molecular weight is 333 g/mol. The van der Waals surface area contributed by atoms with Crippen molar-refractivity contribution in [3.05, 3.63) is 39.8 Å². The second kappa shape index (κ2) is 7.79. The number of hydrogen-bond acceptors (Lipinski definition) is 4. The number of hydrogen-bond donors (Lipinski definition) is 1. The van der Waals surface area contributed by atoms with E-state index in [1.807, 2.05) is 39.0 Å². The quantitative estimate of drug-likeness (QED) is 0.780. The second-order valence-electron chi connectivity index (χ2n) is 5.71. The summed E-state index contributed by atoms with van der Waals surface area (Å²) in [5.41, 5.74) is 3.41. The fourth-order valence-electron chi connectivity index (χ4n) is 2.69. The molecule has 1 aromatic rings. The number of nitrogens with zero attached hydrogens (tertiary/aromatic N) is 1. The van der Waals surface area contributed by atoms with Crippen molar-refractivity contribution in [2.45, 2.75) is 33.6 Å². The van der Waals surface area contributed by atoms with Gasteiger partial charge in [0.25, 0.3) is 11.8 Å². The molecule has 0 aliphatic carbocycles. The van der Waals surface area contributed by atoms with E-state index < -0.39 is 0 Å². The molecule has 0 saturated heterocycles. The summed E-state index contributed by atoms with van der Waals surface area (Å²) < 4.78 is 0. The maximum Gasteiger partial charge on any atom is 0.267 e. The number of rotatable bonds is 7. The minimum atomic E-state index is -0.225. The smallest absolute Gasteiger partial charge is 0.267 e. The summed E-state index contributed by atoms with van der Waals surface area (Å²) >= 11 is 1.27. The van der Waals surface area contributed by atoms with E-state index in [1.165, 1.54) is 16.7 Å². The first-order valence-corrected chi connectivity index (χ1v) is 8.91. The first-order chi connectivity index (χ1) is 11.0. The van der Waals surface area contributed by atoms with E-state index in [0.717, 1.165) is 29.5 Å². The molecule has 1 aromatic carbocycles. The molecule has 5 heteroatoms. The van der Waals surface area contributed by atoms with E-state index >= 15 is 0 Å². The van der Waals surface area contributed by atoms with Gasteiger partial charge in [-0.15, -0.1) is 11.8 Å². The molecule has 2 amide bonds. The highest BCUT2D eigenvalue weighted by molar-refractivity contribution is 8.04. The zero-order valence-corrected chi connectivity index (χ0v) is 14.7. The van der Waals surface area contributed by atoms with Gasteiger partial charge in [-0.1, -0.05) is 37.1 Å². The van der Waals surface area contributed by atoms with Crippen LogP contribution >= 0.6 is 11.8 Å². The van der Waals surface area contributed by atoms with Crippen LogP contribution in [0.25, 0.3) is 5.57 Å². The lowest BCUT2D eigenvalue weighted by Gasteiger charge is -2.14. The lowest BCUT2D eigenvalue weighted by atomic mass is 9.99. The SMILES string of the molecule is CCCCN1C(=O)C(SCCO)=C(c2ccc(C)cc2C)C1=O. The van der Waals surface area contributed by atoms with Crippen molar-refractivity contribution in [3.63, 3.8) is 0 Å². The largest absolute Gasteiger partial charge is 0.396 e. The molecule has 0 spiro atoms. The number of carbonyl (C=O) groups excluding carboxylic acids is 2. The molecule has 1 aliphatic rings. The van der Waals surface area contributed by atoms with Crippen LogP contribution in [0.15, 0.2) is 23.1 Å². The van der Waals surface area contributed by atoms with Gasteiger partial charge in [0.2, 0.25) is 0 Å². The molecule has 23 heavy (non-hydrogen) atoms. The summed E-state index contributed by atoms with van der Waals surface area (Å²) in [7, 11) is 0. The maximum absolute atomic E-state index is 12.8. The van der Waals surface area contributed by atoms with Crippen LogP contribution in [0, 0.1) is 13.8 Å². The van der Waals surface area contributed by atoms with Crippen molar-refractivity contribution in [1.29, 1.82) is 0 Å². The third-order valence-electron chi connectivity index (χ3n) is 3.85. The van der Waals surface area contributed by atoms with Gasteiger partial charge in [-0.25, -0.2) is 0 Å². The molecule has 0 aromatic heterocycles. The Morgan fingerprint density at radius 2 is 1.91 bits per heavy atom. The molecule has 1 heterocycles. The Morgan fingerprint density at radius 1 is 1.17 bits per heavy atom. The first-order valence-electron chi connectivity index (χ1n) is 7.93. The Hall–Kier alpha value is -1.59. The van der Waals surface area contributed by atoms with E-state index in [0.29, 0.717) is 22.8 Å². The van der Waals surface area contributed by atoms with E-state index in [4.69, 9.17) is 5.11 Å². The molecule has 0 atom stereocenters. The van der Waals surface area contributed by atoms with Crippen molar-refractivity contribution in [2.24, 2.45) is 0 Å². The Kier molecular flexibility index (Phi) is 6.02. The van der Waals surface area contributed by atoms with Crippen LogP contribution in [0.4, 0.5) is 0 Å². The highest BCUT2D eigenvalue weighted by Crippen LogP contribution is 2.37. The van der Waals surface area contributed by atoms with Gasteiger partial charge in [-0.2, -0.15) is 0 Å². The molecule has 0 unspecified atom stereocenters. The molecular weight excluding hydrogens is 310 g/mol. The average Bonchev–Trinajstić information content (AvgIpc) is 2.74. The van der Waals surface area contributed by atoms with Crippen LogP contribution in [0.5, 0.6) is 0 Å². The number of aliphatic hydroxyl groups excluding tert-OH is 1. The second-order valence-corrected chi connectivity index (χ2v) is 6.82.